The molecule has 0 bridgehead atoms. The minimum absolute atomic E-state index is 0.0357. The number of urea groups is 1. The highest BCUT2D eigenvalue weighted by molar-refractivity contribution is 5.89. The second kappa shape index (κ2) is 5.66. The number of nitrogens with zero attached hydrogens (tertiary/aromatic N) is 2. The predicted molar refractivity (Wildman–Crippen MR) is 71.2 cm³/mol. The molecule has 0 aliphatic carbocycles. The number of anilines is 1. The van der Waals surface area contributed by atoms with Gasteiger partial charge in [0.15, 0.2) is 0 Å². The lowest BCUT2D eigenvalue weighted by Gasteiger charge is -2.31. The largest absolute Gasteiger partial charge is 0.322 e. The summed E-state index contributed by atoms with van der Waals surface area (Å²) in [7, 11) is 0. The predicted octanol–water partition coefficient (Wildman–Crippen LogP) is 1.42. The molecule has 1 heterocycles. The molecule has 2 rings (SSSR count). The number of nitro benzene ring substituents is 1. The molecule has 1 atom stereocenters. The molecule has 19 heavy (non-hydrogen) atoms. The molecule has 102 valence electrons. The van der Waals surface area contributed by atoms with Crippen molar-refractivity contribution >= 4 is 17.4 Å². The summed E-state index contributed by atoms with van der Waals surface area (Å²) >= 11 is 0. The number of rotatable bonds is 2. The van der Waals surface area contributed by atoms with E-state index in [9.17, 15) is 14.9 Å². The lowest BCUT2D eigenvalue weighted by molar-refractivity contribution is -0.384. The van der Waals surface area contributed by atoms with E-state index in [1.54, 1.807) is 17.0 Å². The van der Waals surface area contributed by atoms with E-state index in [2.05, 4.69) is 10.6 Å². The average molecular weight is 264 g/mol. The van der Waals surface area contributed by atoms with Crippen LogP contribution >= 0.6 is 0 Å². The Morgan fingerprint density at radius 3 is 3.05 bits per heavy atom. The van der Waals surface area contributed by atoms with Gasteiger partial charge in [-0.2, -0.15) is 0 Å². The van der Waals surface area contributed by atoms with Crippen LogP contribution in [0, 0.1) is 10.1 Å². The van der Waals surface area contributed by atoms with Crippen LogP contribution in [0.5, 0.6) is 0 Å². The summed E-state index contributed by atoms with van der Waals surface area (Å²) < 4.78 is 0. The number of hydrogen-bond acceptors (Lipinski definition) is 4. The summed E-state index contributed by atoms with van der Waals surface area (Å²) in [6, 6.07) is 5.95. The normalized spacial score (nSPS) is 19.0. The Morgan fingerprint density at radius 1 is 1.58 bits per heavy atom. The van der Waals surface area contributed by atoms with E-state index in [1.165, 1.54) is 12.1 Å². The lowest BCUT2D eigenvalue weighted by atomic mass is 10.2. The van der Waals surface area contributed by atoms with Gasteiger partial charge in [-0.1, -0.05) is 6.07 Å². The van der Waals surface area contributed by atoms with Crippen LogP contribution in [0.1, 0.15) is 6.92 Å². The fraction of sp³-hybridized carbons (Fsp3) is 0.417. The monoisotopic (exact) mass is 264 g/mol. The summed E-state index contributed by atoms with van der Waals surface area (Å²) in [5, 5.41) is 16.6. The maximum atomic E-state index is 12.0. The van der Waals surface area contributed by atoms with Crippen molar-refractivity contribution in [3.05, 3.63) is 34.4 Å². The van der Waals surface area contributed by atoms with E-state index in [-0.39, 0.29) is 17.8 Å². The molecule has 1 aromatic rings. The Kier molecular flexibility index (Phi) is 3.96. The van der Waals surface area contributed by atoms with Crippen LogP contribution < -0.4 is 10.6 Å². The molecule has 0 unspecified atom stereocenters. The second-order valence-corrected chi connectivity index (χ2v) is 4.54. The van der Waals surface area contributed by atoms with Crippen LogP contribution in [-0.4, -0.2) is 41.5 Å². The summed E-state index contributed by atoms with van der Waals surface area (Å²) in [5.41, 5.74) is 0.400. The quantitative estimate of drug-likeness (QED) is 0.624. The van der Waals surface area contributed by atoms with Gasteiger partial charge in [0.1, 0.15) is 0 Å². The number of benzene rings is 1. The van der Waals surface area contributed by atoms with Crippen molar-refractivity contribution in [2.45, 2.75) is 13.0 Å². The van der Waals surface area contributed by atoms with Crippen LogP contribution in [0.4, 0.5) is 16.2 Å². The van der Waals surface area contributed by atoms with Gasteiger partial charge in [-0.25, -0.2) is 4.79 Å². The number of piperazine rings is 1. The van der Waals surface area contributed by atoms with E-state index in [4.69, 9.17) is 0 Å². The molecule has 0 aromatic heterocycles. The van der Waals surface area contributed by atoms with Crippen LogP contribution in [0.3, 0.4) is 0 Å². The van der Waals surface area contributed by atoms with Crippen LogP contribution in [0.25, 0.3) is 0 Å². The molecule has 2 N–H and O–H groups in total. The molecular weight excluding hydrogens is 248 g/mol. The number of amides is 2. The zero-order valence-electron chi connectivity index (χ0n) is 10.6. The first-order chi connectivity index (χ1) is 9.06. The van der Waals surface area contributed by atoms with Crippen LogP contribution in [0.2, 0.25) is 0 Å². The van der Waals surface area contributed by atoms with Gasteiger partial charge in [-0.15, -0.1) is 0 Å². The van der Waals surface area contributed by atoms with Crippen molar-refractivity contribution in [3.63, 3.8) is 0 Å². The molecule has 1 fully saturated rings. The molecule has 1 aliphatic rings. The molecular formula is C12H16N4O3. The van der Waals surface area contributed by atoms with Gasteiger partial charge < -0.3 is 15.5 Å². The number of carbonyl (C=O) groups is 1. The fourth-order valence-electron chi connectivity index (χ4n) is 2.02. The Bertz CT molecular complexity index is 492. The Balaban J connectivity index is 2.02. The second-order valence-electron chi connectivity index (χ2n) is 4.54. The van der Waals surface area contributed by atoms with Crippen molar-refractivity contribution < 1.29 is 9.72 Å². The molecule has 7 nitrogen and oxygen atoms in total. The van der Waals surface area contributed by atoms with E-state index in [0.717, 1.165) is 6.54 Å². The van der Waals surface area contributed by atoms with Gasteiger partial charge in [0, 0.05) is 43.5 Å². The average Bonchev–Trinajstić information content (AvgIpc) is 2.39. The first-order valence-corrected chi connectivity index (χ1v) is 6.10. The highest BCUT2D eigenvalue weighted by Crippen LogP contribution is 2.17. The maximum Gasteiger partial charge on any atom is 0.321 e. The third-order valence-corrected chi connectivity index (χ3v) is 2.96. The van der Waals surface area contributed by atoms with E-state index in [0.29, 0.717) is 18.8 Å². The third-order valence-electron chi connectivity index (χ3n) is 2.96. The minimum Gasteiger partial charge on any atom is -0.322 e. The van der Waals surface area contributed by atoms with Gasteiger partial charge in [0.25, 0.3) is 5.69 Å². The van der Waals surface area contributed by atoms with E-state index >= 15 is 0 Å². The molecule has 0 saturated carbocycles. The van der Waals surface area contributed by atoms with Gasteiger partial charge in [-0.05, 0) is 13.0 Å². The summed E-state index contributed by atoms with van der Waals surface area (Å²) in [4.78, 5) is 23.9. The highest BCUT2D eigenvalue weighted by Gasteiger charge is 2.20. The molecule has 1 saturated heterocycles. The fourth-order valence-corrected chi connectivity index (χ4v) is 2.02. The number of non-ortho nitro benzene ring substituents is 1. The molecule has 0 spiro atoms. The van der Waals surface area contributed by atoms with Gasteiger partial charge in [0.2, 0.25) is 0 Å². The zero-order valence-corrected chi connectivity index (χ0v) is 10.6. The van der Waals surface area contributed by atoms with Crippen molar-refractivity contribution in [2.24, 2.45) is 0 Å². The van der Waals surface area contributed by atoms with Gasteiger partial charge >= 0.3 is 6.03 Å². The summed E-state index contributed by atoms with van der Waals surface area (Å²) in [6.07, 6.45) is 0. The van der Waals surface area contributed by atoms with Gasteiger partial charge in [0.05, 0.1) is 4.92 Å². The number of carbonyl (C=O) groups excluding carboxylic acids is 1. The Morgan fingerprint density at radius 2 is 2.37 bits per heavy atom. The first kappa shape index (κ1) is 13.3. The van der Waals surface area contributed by atoms with Crippen molar-refractivity contribution in [1.82, 2.24) is 10.2 Å². The lowest BCUT2D eigenvalue weighted by Crippen LogP contribution is -2.52. The maximum absolute atomic E-state index is 12.0. The third kappa shape index (κ3) is 3.41. The molecule has 2 amide bonds. The molecule has 1 aromatic carbocycles. The van der Waals surface area contributed by atoms with Crippen LogP contribution in [-0.2, 0) is 0 Å². The molecule has 7 heteroatoms. The van der Waals surface area contributed by atoms with Crippen molar-refractivity contribution in [2.75, 3.05) is 25.0 Å². The Hall–Kier alpha value is -2.15. The minimum atomic E-state index is -0.484. The first-order valence-electron chi connectivity index (χ1n) is 6.10. The number of hydrogen-bond donors (Lipinski definition) is 2. The van der Waals surface area contributed by atoms with Gasteiger partial charge in [-0.3, -0.25) is 10.1 Å². The molecule has 0 radical (unpaired) electrons. The topological polar surface area (TPSA) is 87.5 Å². The number of nitrogens with one attached hydrogen (secondary N) is 2. The summed E-state index contributed by atoms with van der Waals surface area (Å²) in [6.45, 7) is 4.02. The van der Waals surface area contributed by atoms with Crippen molar-refractivity contribution in [3.8, 4) is 0 Å². The highest BCUT2D eigenvalue weighted by atomic mass is 16.6. The SMILES string of the molecule is C[C@@H]1CN(C(=O)Nc2cccc([N+](=O)[O-])c2)CCN1. The van der Waals surface area contributed by atoms with Crippen LogP contribution in [0.15, 0.2) is 24.3 Å². The molecule has 1 aliphatic heterocycles. The summed E-state index contributed by atoms with van der Waals surface area (Å²) in [5.74, 6) is 0. The number of nitro groups is 1. The van der Waals surface area contributed by atoms with E-state index in [1.807, 2.05) is 6.92 Å². The standard InChI is InChI=1S/C12H16N4O3/c1-9-8-15(6-5-13-9)12(17)14-10-3-2-4-11(7-10)16(18)19/h2-4,7,9,13H,5-6,8H2,1H3,(H,14,17)/t9-/m1/s1. The smallest absolute Gasteiger partial charge is 0.321 e. The zero-order chi connectivity index (χ0) is 13.8. The van der Waals surface area contributed by atoms with Crippen molar-refractivity contribution in [1.29, 1.82) is 0 Å². The Labute approximate surface area is 110 Å². The van der Waals surface area contributed by atoms with E-state index < -0.39 is 4.92 Å².